The lowest BCUT2D eigenvalue weighted by Crippen LogP contribution is -2.59. The number of rotatable bonds is 1. The molecule has 3 saturated carbocycles. The van der Waals surface area contributed by atoms with Crippen LogP contribution in [0.5, 0.6) is 0 Å². The number of hydrogen-bond donors (Lipinski definition) is 1. The van der Waals surface area contributed by atoms with Crippen LogP contribution in [0.3, 0.4) is 0 Å². The summed E-state index contributed by atoms with van der Waals surface area (Å²) in [4.78, 5) is 0. The maximum atomic E-state index is 10.6. The Morgan fingerprint density at radius 2 is 1.46 bits per heavy atom. The summed E-state index contributed by atoms with van der Waals surface area (Å²) in [5, 5.41) is 29.7. The fourth-order valence-electron chi connectivity index (χ4n) is 7.39. The molecule has 3 nitrogen and oxygen atoms in total. The molecule has 3 rings (SSSR count). The summed E-state index contributed by atoms with van der Waals surface area (Å²) in [5.74, 6) is 0.552. The molecule has 132 valence electrons. The minimum atomic E-state index is -0.519. The molecule has 3 aliphatic carbocycles. The van der Waals surface area contributed by atoms with Gasteiger partial charge in [-0.1, -0.05) is 34.6 Å². The van der Waals surface area contributed by atoms with Crippen molar-refractivity contribution in [2.24, 2.45) is 39.4 Å². The Kier molecular flexibility index (Phi) is 3.86. The quantitative estimate of drug-likeness (QED) is 0.760. The maximum absolute atomic E-state index is 10.6. The van der Waals surface area contributed by atoms with Gasteiger partial charge in [0.2, 0.25) is 0 Å². The summed E-state index contributed by atoms with van der Waals surface area (Å²) in [6, 6.07) is 4.60. The van der Waals surface area contributed by atoms with E-state index >= 15 is 0 Å². The van der Waals surface area contributed by atoms with Gasteiger partial charge in [-0.05, 0) is 66.6 Å². The summed E-state index contributed by atoms with van der Waals surface area (Å²) < 4.78 is 0. The monoisotopic (exact) mass is 328 g/mol. The lowest BCUT2D eigenvalue weighted by Gasteiger charge is -2.64. The van der Waals surface area contributed by atoms with Gasteiger partial charge in [-0.2, -0.15) is 10.5 Å². The molecule has 6 atom stereocenters. The number of nitriles is 2. The van der Waals surface area contributed by atoms with Crippen molar-refractivity contribution in [1.82, 2.24) is 0 Å². The highest BCUT2D eigenvalue weighted by atomic mass is 16.3. The summed E-state index contributed by atoms with van der Waals surface area (Å²) in [5.41, 5.74) is 0.00222. The third-order valence-corrected chi connectivity index (χ3v) is 9.18. The van der Waals surface area contributed by atoms with Crippen LogP contribution in [-0.2, 0) is 0 Å². The third kappa shape index (κ3) is 1.91. The summed E-state index contributed by atoms with van der Waals surface area (Å²) in [7, 11) is 0. The van der Waals surface area contributed by atoms with Crippen LogP contribution in [0.1, 0.15) is 73.1 Å². The van der Waals surface area contributed by atoms with E-state index in [0.717, 1.165) is 38.5 Å². The molecule has 3 heteroatoms. The Balaban J connectivity index is 2.04. The first kappa shape index (κ1) is 17.8. The van der Waals surface area contributed by atoms with Crippen LogP contribution in [0.25, 0.3) is 0 Å². The summed E-state index contributed by atoms with van der Waals surface area (Å²) in [6.07, 6.45) is 6.01. The second-order valence-corrected chi connectivity index (χ2v) is 10.1. The second-order valence-electron chi connectivity index (χ2n) is 10.1. The van der Waals surface area contributed by atoms with Gasteiger partial charge in [0.05, 0.1) is 18.2 Å². The first-order valence-electron chi connectivity index (χ1n) is 9.55. The van der Waals surface area contributed by atoms with Crippen molar-refractivity contribution in [3.63, 3.8) is 0 Å². The first-order valence-corrected chi connectivity index (χ1v) is 9.55. The Bertz CT molecular complexity index is 600. The third-order valence-electron chi connectivity index (χ3n) is 9.18. The van der Waals surface area contributed by atoms with Gasteiger partial charge in [0.1, 0.15) is 5.92 Å². The number of fused-ring (bicyclic) bond motifs is 3. The number of aliphatic hydroxyl groups is 1. The van der Waals surface area contributed by atoms with Crippen molar-refractivity contribution in [2.75, 3.05) is 0 Å². The van der Waals surface area contributed by atoms with Gasteiger partial charge in [0.15, 0.2) is 0 Å². The van der Waals surface area contributed by atoms with Crippen molar-refractivity contribution in [1.29, 1.82) is 10.5 Å². The minimum absolute atomic E-state index is 0.0445. The van der Waals surface area contributed by atoms with Crippen LogP contribution in [0.2, 0.25) is 0 Å². The van der Waals surface area contributed by atoms with E-state index in [2.05, 4.69) is 46.8 Å². The SMILES string of the molecule is CC1(C)[C@@H](O)CC[C@]2(C)[C@H]3CC[C@@](C)(C(C#N)C#N)[C@]3(C)CC[C@@H]12. The van der Waals surface area contributed by atoms with E-state index < -0.39 is 5.92 Å². The van der Waals surface area contributed by atoms with Gasteiger partial charge in [-0.3, -0.25) is 0 Å². The van der Waals surface area contributed by atoms with Crippen LogP contribution >= 0.6 is 0 Å². The van der Waals surface area contributed by atoms with Crippen molar-refractivity contribution in [3.05, 3.63) is 0 Å². The highest BCUT2D eigenvalue weighted by Gasteiger charge is 2.68. The van der Waals surface area contributed by atoms with Gasteiger partial charge < -0.3 is 5.11 Å². The van der Waals surface area contributed by atoms with Crippen LogP contribution in [-0.4, -0.2) is 11.2 Å². The predicted octanol–water partition coefficient (Wildman–Crippen LogP) is 4.67. The standard InChI is InChI=1S/C21H32N2O/c1-18(2)15-6-11-21(5)16(19(15,3)9-8-17(18)24)7-10-20(21,4)14(12-22)13-23/h14-17,24H,6-11H2,1-5H3/t15-,16+,17-,19-,20-,21+/m0/s1. The van der Waals surface area contributed by atoms with E-state index in [-0.39, 0.29) is 27.8 Å². The molecule has 3 aliphatic rings. The molecular formula is C21H32N2O. The minimum Gasteiger partial charge on any atom is -0.393 e. The summed E-state index contributed by atoms with van der Waals surface area (Å²) in [6.45, 7) is 11.5. The number of aliphatic hydroxyl groups excluding tert-OH is 1. The first-order chi connectivity index (χ1) is 11.1. The van der Waals surface area contributed by atoms with E-state index in [9.17, 15) is 15.6 Å². The fourth-order valence-corrected chi connectivity index (χ4v) is 7.39. The fraction of sp³-hybridized carbons (Fsp3) is 0.905. The molecule has 0 aromatic rings. The zero-order valence-corrected chi connectivity index (χ0v) is 15.9. The average molecular weight is 329 g/mol. The molecule has 0 aromatic carbocycles. The lowest BCUT2D eigenvalue weighted by molar-refractivity contribution is -0.178. The summed E-state index contributed by atoms with van der Waals surface area (Å²) >= 11 is 0. The van der Waals surface area contributed by atoms with Gasteiger partial charge in [0.25, 0.3) is 0 Å². The smallest absolute Gasteiger partial charge is 0.139 e. The Morgan fingerprint density at radius 1 is 0.875 bits per heavy atom. The van der Waals surface area contributed by atoms with Crippen LogP contribution in [0.4, 0.5) is 0 Å². The molecule has 1 N–H and O–H groups in total. The van der Waals surface area contributed by atoms with Gasteiger partial charge >= 0.3 is 0 Å². The van der Waals surface area contributed by atoms with Gasteiger partial charge in [0, 0.05) is 5.41 Å². The zero-order valence-electron chi connectivity index (χ0n) is 15.9. The predicted molar refractivity (Wildman–Crippen MR) is 93.5 cm³/mol. The molecule has 0 bridgehead atoms. The van der Waals surface area contributed by atoms with Crippen LogP contribution in [0, 0.1) is 62.1 Å². The molecule has 0 heterocycles. The zero-order chi connectivity index (χ0) is 18.0. The maximum Gasteiger partial charge on any atom is 0.139 e. The van der Waals surface area contributed by atoms with E-state index in [1.165, 1.54) is 0 Å². The van der Waals surface area contributed by atoms with E-state index in [1.54, 1.807) is 0 Å². The number of nitrogens with zero attached hydrogens (tertiary/aromatic N) is 2. The molecule has 0 radical (unpaired) electrons. The lowest BCUT2D eigenvalue weighted by atomic mass is 9.41. The Labute approximate surface area is 147 Å². The largest absolute Gasteiger partial charge is 0.393 e. The Morgan fingerprint density at radius 3 is 2.04 bits per heavy atom. The molecule has 0 saturated heterocycles. The van der Waals surface area contributed by atoms with Crippen molar-refractivity contribution >= 4 is 0 Å². The topological polar surface area (TPSA) is 67.8 Å². The highest BCUT2D eigenvalue weighted by molar-refractivity contribution is 5.21. The average Bonchev–Trinajstić information content (AvgIpc) is 2.79. The Hall–Kier alpha value is -1.06. The van der Waals surface area contributed by atoms with Crippen molar-refractivity contribution < 1.29 is 5.11 Å². The van der Waals surface area contributed by atoms with Crippen LogP contribution in [0.15, 0.2) is 0 Å². The van der Waals surface area contributed by atoms with Crippen molar-refractivity contribution in [2.45, 2.75) is 79.2 Å². The van der Waals surface area contributed by atoms with E-state index in [1.807, 2.05) is 0 Å². The highest BCUT2D eigenvalue weighted by Crippen LogP contribution is 2.73. The van der Waals surface area contributed by atoms with Gasteiger partial charge in [-0.25, -0.2) is 0 Å². The molecule has 0 spiro atoms. The van der Waals surface area contributed by atoms with E-state index in [0.29, 0.717) is 11.8 Å². The normalized spacial score (nSPS) is 49.8. The number of hydrogen-bond acceptors (Lipinski definition) is 3. The molecule has 24 heavy (non-hydrogen) atoms. The molecule has 0 unspecified atom stereocenters. The molecule has 3 fully saturated rings. The molecule has 0 aliphatic heterocycles. The second kappa shape index (κ2) is 5.22. The van der Waals surface area contributed by atoms with Gasteiger partial charge in [-0.15, -0.1) is 0 Å². The molecule has 0 aromatic heterocycles. The van der Waals surface area contributed by atoms with Crippen LogP contribution < -0.4 is 0 Å². The van der Waals surface area contributed by atoms with E-state index in [4.69, 9.17) is 0 Å². The molecular weight excluding hydrogens is 296 g/mol. The molecule has 0 amide bonds. The van der Waals surface area contributed by atoms with Crippen molar-refractivity contribution in [3.8, 4) is 12.1 Å².